The van der Waals surface area contributed by atoms with Crippen LogP contribution >= 0.6 is 7.82 Å². The summed E-state index contributed by atoms with van der Waals surface area (Å²) in [4.78, 5) is 16.8. The fourth-order valence-corrected chi connectivity index (χ4v) is 1.91. The van der Waals surface area contributed by atoms with Crippen molar-refractivity contribution in [1.82, 2.24) is 10.3 Å². The number of phosphoric acid groups is 1. The second-order valence-corrected chi connectivity index (χ2v) is 4.80. The number of rotatable bonds is 6. The van der Waals surface area contributed by atoms with E-state index in [2.05, 4.69) is 9.84 Å². The third-order valence-electron chi connectivity index (χ3n) is 2.34. The monoisotopic (exact) mass is 239 g/mol. The van der Waals surface area contributed by atoms with Gasteiger partial charge in [-0.15, -0.1) is 0 Å². The van der Waals surface area contributed by atoms with Crippen LogP contribution < -0.4 is 11.2 Å². The lowest BCUT2D eigenvalue weighted by atomic mass is 10.2. The highest BCUT2D eigenvalue weighted by atomic mass is 31.2. The molecule has 90 valence electrons. The topological polar surface area (TPSA) is 108 Å². The molecule has 1 atom stereocenters. The molecule has 0 aromatic carbocycles. The van der Waals surface area contributed by atoms with Crippen molar-refractivity contribution in [1.29, 1.82) is 0 Å². The van der Waals surface area contributed by atoms with Crippen molar-refractivity contribution in [3.05, 3.63) is 0 Å². The molecule has 0 bridgehead atoms. The number of nitrogens with zero attached hydrogens (tertiary/aromatic N) is 1. The molecule has 0 amide bonds. The van der Waals surface area contributed by atoms with E-state index in [4.69, 9.17) is 15.6 Å². The third-order valence-corrected chi connectivity index (χ3v) is 2.86. The van der Waals surface area contributed by atoms with Crippen LogP contribution in [0.15, 0.2) is 0 Å². The first-order valence-electron chi connectivity index (χ1n) is 4.91. The number of nitrogens with one attached hydrogen (secondary N) is 1. The Bertz CT molecular complexity index is 234. The smallest absolute Gasteiger partial charge is 0.313 e. The van der Waals surface area contributed by atoms with Gasteiger partial charge in [0.05, 0.1) is 6.61 Å². The molecule has 1 rings (SSSR count). The third kappa shape index (κ3) is 5.58. The van der Waals surface area contributed by atoms with Crippen LogP contribution in [0.3, 0.4) is 0 Å². The Morgan fingerprint density at radius 3 is 2.87 bits per heavy atom. The summed E-state index contributed by atoms with van der Waals surface area (Å²) in [7, 11) is -4.32. The molecular formula is C7H18N3O4P. The average molecular weight is 239 g/mol. The van der Waals surface area contributed by atoms with Gasteiger partial charge in [0.25, 0.3) is 0 Å². The summed E-state index contributed by atoms with van der Waals surface area (Å²) in [6.45, 7) is 2.05. The van der Waals surface area contributed by atoms with Crippen molar-refractivity contribution >= 4 is 7.82 Å². The Hall–Kier alpha value is -0.0100. The highest BCUT2D eigenvalue weighted by Gasteiger charge is 2.20. The minimum Gasteiger partial charge on any atom is -0.313 e. The van der Waals surface area contributed by atoms with Crippen molar-refractivity contribution in [2.24, 2.45) is 5.84 Å². The molecule has 1 fully saturated rings. The van der Waals surface area contributed by atoms with Gasteiger partial charge in [0.2, 0.25) is 0 Å². The molecule has 0 saturated carbocycles. The maximum absolute atomic E-state index is 10.3. The maximum atomic E-state index is 10.3. The molecule has 0 aromatic heterocycles. The van der Waals surface area contributed by atoms with Crippen molar-refractivity contribution in [2.75, 3.05) is 26.2 Å². The van der Waals surface area contributed by atoms with Crippen LogP contribution in [0.2, 0.25) is 0 Å². The summed E-state index contributed by atoms with van der Waals surface area (Å²) in [5, 5.41) is 4.83. The fourth-order valence-electron chi connectivity index (χ4n) is 1.58. The first-order valence-corrected chi connectivity index (χ1v) is 6.44. The molecule has 0 aliphatic carbocycles. The van der Waals surface area contributed by atoms with E-state index in [1.165, 1.54) is 0 Å². The summed E-state index contributed by atoms with van der Waals surface area (Å²) >= 11 is 0. The molecular weight excluding hydrogens is 221 g/mol. The van der Waals surface area contributed by atoms with Crippen molar-refractivity contribution < 1.29 is 18.9 Å². The van der Waals surface area contributed by atoms with E-state index in [1.807, 2.05) is 0 Å². The zero-order chi connectivity index (χ0) is 11.3. The van der Waals surface area contributed by atoms with E-state index < -0.39 is 7.82 Å². The summed E-state index contributed by atoms with van der Waals surface area (Å²) in [5.74, 6) is 5.70. The first kappa shape index (κ1) is 13.1. The largest absolute Gasteiger partial charge is 0.469 e. The molecule has 1 aliphatic heterocycles. The van der Waals surface area contributed by atoms with Gasteiger partial charge < -0.3 is 15.1 Å². The lowest BCUT2D eigenvalue weighted by Gasteiger charge is -2.19. The van der Waals surface area contributed by atoms with Crippen LogP contribution in [0, 0.1) is 0 Å². The van der Waals surface area contributed by atoms with E-state index in [1.54, 1.807) is 5.01 Å². The number of phosphoric ester groups is 1. The molecule has 8 heteroatoms. The molecule has 1 aliphatic rings. The minimum atomic E-state index is -4.32. The molecule has 0 aromatic rings. The van der Waals surface area contributed by atoms with Gasteiger partial charge in [-0.2, -0.15) is 0 Å². The van der Waals surface area contributed by atoms with Gasteiger partial charge in [-0.25, -0.2) is 9.57 Å². The van der Waals surface area contributed by atoms with Gasteiger partial charge in [0, 0.05) is 25.7 Å². The summed E-state index contributed by atoms with van der Waals surface area (Å²) < 4.78 is 14.6. The summed E-state index contributed by atoms with van der Waals surface area (Å²) in [6.07, 6.45) is 2.16. The summed E-state index contributed by atoms with van der Waals surface area (Å²) in [6, 6.07) is 0.319. The van der Waals surface area contributed by atoms with E-state index in [0.717, 1.165) is 25.9 Å². The lowest BCUT2D eigenvalue weighted by Crippen LogP contribution is -2.42. The Kier molecular flexibility index (Phi) is 5.14. The minimum absolute atomic E-state index is 0.00156. The molecule has 7 nitrogen and oxygen atoms in total. The standard InChI is InChI=1S/C7H18N3O4P/c8-10-4-1-2-7(10)6-9-3-5-14-15(11,12)13/h7,9H,1-6,8H2,(H2,11,12,13)/t7-/m0/s1. The lowest BCUT2D eigenvalue weighted by molar-refractivity contribution is 0.193. The van der Waals surface area contributed by atoms with Crippen LogP contribution in [0.5, 0.6) is 0 Å². The molecule has 0 radical (unpaired) electrons. The zero-order valence-corrected chi connectivity index (χ0v) is 9.40. The quantitative estimate of drug-likeness (QED) is 0.268. The average Bonchev–Trinajstić information content (AvgIpc) is 2.49. The van der Waals surface area contributed by atoms with E-state index in [0.29, 0.717) is 12.6 Å². The molecule has 1 saturated heterocycles. The number of hydrogen-bond donors (Lipinski definition) is 4. The van der Waals surface area contributed by atoms with Crippen LogP contribution in [0.25, 0.3) is 0 Å². The van der Waals surface area contributed by atoms with Crippen molar-refractivity contribution in [2.45, 2.75) is 18.9 Å². The van der Waals surface area contributed by atoms with Gasteiger partial charge in [0.1, 0.15) is 0 Å². The Balaban J connectivity index is 2.00. The first-order chi connectivity index (χ1) is 6.99. The van der Waals surface area contributed by atoms with Gasteiger partial charge in [0.15, 0.2) is 0 Å². The molecule has 1 heterocycles. The van der Waals surface area contributed by atoms with Crippen molar-refractivity contribution in [3.8, 4) is 0 Å². The van der Waals surface area contributed by atoms with Crippen LogP contribution in [0.1, 0.15) is 12.8 Å². The Morgan fingerprint density at radius 1 is 1.60 bits per heavy atom. The van der Waals surface area contributed by atoms with Gasteiger partial charge >= 0.3 is 7.82 Å². The van der Waals surface area contributed by atoms with Crippen LogP contribution in [-0.2, 0) is 9.09 Å². The molecule has 0 unspecified atom stereocenters. The van der Waals surface area contributed by atoms with Gasteiger partial charge in [-0.05, 0) is 12.8 Å². The van der Waals surface area contributed by atoms with Crippen molar-refractivity contribution in [3.63, 3.8) is 0 Å². The second-order valence-electron chi connectivity index (χ2n) is 3.56. The van der Waals surface area contributed by atoms with E-state index in [-0.39, 0.29) is 6.61 Å². The molecule has 15 heavy (non-hydrogen) atoms. The fraction of sp³-hybridized carbons (Fsp3) is 1.00. The highest BCUT2D eigenvalue weighted by molar-refractivity contribution is 7.46. The predicted molar refractivity (Wildman–Crippen MR) is 54.8 cm³/mol. The number of nitrogens with two attached hydrogens (primary N) is 1. The second kappa shape index (κ2) is 5.91. The predicted octanol–water partition coefficient (Wildman–Crippen LogP) is -0.977. The number of hydrogen-bond acceptors (Lipinski definition) is 5. The highest BCUT2D eigenvalue weighted by Crippen LogP contribution is 2.35. The Morgan fingerprint density at radius 2 is 2.33 bits per heavy atom. The number of hydrazine groups is 1. The van der Waals surface area contributed by atoms with Gasteiger partial charge in [-0.1, -0.05) is 0 Å². The van der Waals surface area contributed by atoms with E-state index >= 15 is 0 Å². The van der Waals surface area contributed by atoms with Crippen LogP contribution in [0.4, 0.5) is 0 Å². The van der Waals surface area contributed by atoms with Gasteiger partial charge in [-0.3, -0.25) is 10.4 Å². The Labute approximate surface area is 88.8 Å². The normalized spacial score (nSPS) is 23.5. The zero-order valence-electron chi connectivity index (χ0n) is 8.50. The van der Waals surface area contributed by atoms with Crippen LogP contribution in [-0.4, -0.2) is 47.1 Å². The maximum Gasteiger partial charge on any atom is 0.469 e. The molecule has 0 spiro atoms. The SMILES string of the molecule is NN1CCC[C@H]1CNCCOP(=O)(O)O. The molecule has 5 N–H and O–H groups in total. The van der Waals surface area contributed by atoms with E-state index in [9.17, 15) is 4.57 Å². The summed E-state index contributed by atoms with van der Waals surface area (Å²) in [5.41, 5.74) is 0.